The van der Waals surface area contributed by atoms with Gasteiger partial charge in [0.1, 0.15) is 13.2 Å². The van der Waals surface area contributed by atoms with E-state index in [1.165, 1.54) is 0 Å². The maximum atomic E-state index is 10.8. The lowest BCUT2D eigenvalue weighted by atomic mass is 10.0. The minimum Gasteiger partial charge on any atom is -0.478 e. The number of hydrogen-bond donors (Lipinski definition) is 1. The van der Waals surface area contributed by atoms with Crippen molar-refractivity contribution < 1.29 is 19.7 Å². The lowest BCUT2D eigenvalue weighted by molar-refractivity contribution is -0.322. The van der Waals surface area contributed by atoms with Crippen molar-refractivity contribution in [1.29, 1.82) is 0 Å². The molecule has 1 aromatic carbocycles. The molecule has 0 fully saturated rings. The van der Waals surface area contributed by atoms with E-state index in [1.54, 1.807) is 12.1 Å². The lowest BCUT2D eigenvalue weighted by Crippen LogP contribution is -2.13. The Morgan fingerprint density at radius 1 is 1.31 bits per heavy atom. The van der Waals surface area contributed by atoms with E-state index in [0.29, 0.717) is 17.7 Å². The van der Waals surface area contributed by atoms with Crippen LogP contribution in [0.25, 0.3) is 0 Å². The Hall–Kier alpha value is -1.39. The molecule has 1 N–H and O–H groups in total. The molecule has 2 rings (SSSR count). The van der Waals surface area contributed by atoms with E-state index in [4.69, 9.17) is 14.9 Å². The van der Waals surface area contributed by atoms with Gasteiger partial charge in [0.15, 0.2) is 0 Å². The standard InChI is InChI=1S/C9H8O4/c10-9(11)7-3-1-2-6-4-12-13-5-8(6)7/h1-3H,4-5H2,(H,10,11). The van der Waals surface area contributed by atoms with Crippen LogP contribution in [0.1, 0.15) is 21.5 Å². The Kier molecular flexibility index (Phi) is 2.00. The van der Waals surface area contributed by atoms with Gasteiger partial charge in [0.05, 0.1) is 5.56 Å². The molecule has 0 aliphatic carbocycles. The van der Waals surface area contributed by atoms with E-state index in [1.807, 2.05) is 6.07 Å². The fraction of sp³-hybridized carbons (Fsp3) is 0.222. The van der Waals surface area contributed by atoms with Gasteiger partial charge in [0, 0.05) is 5.56 Å². The summed E-state index contributed by atoms with van der Waals surface area (Å²) in [5, 5.41) is 8.84. The zero-order chi connectivity index (χ0) is 9.26. The number of rotatable bonds is 1. The quantitative estimate of drug-likeness (QED) is 0.662. The van der Waals surface area contributed by atoms with Crippen LogP contribution in [0, 0.1) is 0 Å². The third-order valence-electron chi connectivity index (χ3n) is 2.00. The predicted octanol–water partition coefficient (Wildman–Crippen LogP) is 1.35. The highest BCUT2D eigenvalue weighted by molar-refractivity contribution is 5.89. The summed E-state index contributed by atoms with van der Waals surface area (Å²) >= 11 is 0. The van der Waals surface area contributed by atoms with Gasteiger partial charge in [-0.25, -0.2) is 14.6 Å². The van der Waals surface area contributed by atoms with Crippen LogP contribution in [0.2, 0.25) is 0 Å². The lowest BCUT2D eigenvalue weighted by Gasteiger charge is -2.16. The van der Waals surface area contributed by atoms with Crippen molar-refractivity contribution in [3.05, 3.63) is 34.9 Å². The molecule has 0 atom stereocenters. The number of carboxylic acids is 1. The molecule has 4 heteroatoms. The first-order valence-electron chi connectivity index (χ1n) is 3.87. The first-order valence-corrected chi connectivity index (χ1v) is 3.87. The van der Waals surface area contributed by atoms with Gasteiger partial charge in [0.2, 0.25) is 0 Å². The smallest absolute Gasteiger partial charge is 0.336 e. The van der Waals surface area contributed by atoms with Crippen molar-refractivity contribution in [3.63, 3.8) is 0 Å². The highest BCUT2D eigenvalue weighted by atomic mass is 17.2. The molecule has 1 aliphatic rings. The maximum Gasteiger partial charge on any atom is 0.336 e. The molecule has 68 valence electrons. The van der Waals surface area contributed by atoms with Crippen LogP contribution in [0.4, 0.5) is 0 Å². The van der Waals surface area contributed by atoms with Gasteiger partial charge in [-0.3, -0.25) is 0 Å². The van der Waals surface area contributed by atoms with Crippen molar-refractivity contribution in [3.8, 4) is 0 Å². The summed E-state index contributed by atoms with van der Waals surface area (Å²) < 4.78 is 0. The minimum absolute atomic E-state index is 0.206. The molecule has 1 heterocycles. The van der Waals surface area contributed by atoms with Crippen molar-refractivity contribution >= 4 is 5.97 Å². The molecule has 0 aromatic heterocycles. The van der Waals surface area contributed by atoms with Gasteiger partial charge in [-0.2, -0.15) is 0 Å². The number of benzene rings is 1. The molecular weight excluding hydrogens is 172 g/mol. The number of fused-ring (bicyclic) bond motifs is 1. The van der Waals surface area contributed by atoms with Crippen LogP contribution in [0.5, 0.6) is 0 Å². The van der Waals surface area contributed by atoms with Gasteiger partial charge in [-0.05, 0) is 11.6 Å². The van der Waals surface area contributed by atoms with Gasteiger partial charge in [-0.15, -0.1) is 0 Å². The van der Waals surface area contributed by atoms with E-state index in [0.717, 1.165) is 5.56 Å². The van der Waals surface area contributed by atoms with Gasteiger partial charge in [-0.1, -0.05) is 12.1 Å². The third kappa shape index (κ3) is 1.41. The number of carbonyl (C=O) groups is 1. The largest absolute Gasteiger partial charge is 0.478 e. The van der Waals surface area contributed by atoms with E-state index in [-0.39, 0.29) is 6.61 Å². The van der Waals surface area contributed by atoms with Crippen molar-refractivity contribution in [1.82, 2.24) is 0 Å². The van der Waals surface area contributed by atoms with Crippen LogP contribution in [0.3, 0.4) is 0 Å². The van der Waals surface area contributed by atoms with Gasteiger partial charge < -0.3 is 5.11 Å². The molecular formula is C9H8O4. The SMILES string of the molecule is O=C(O)c1cccc2c1COOC2. The van der Waals surface area contributed by atoms with E-state index >= 15 is 0 Å². The average Bonchev–Trinajstić information content (AvgIpc) is 2.17. The number of aromatic carboxylic acids is 1. The van der Waals surface area contributed by atoms with Crippen molar-refractivity contribution in [2.75, 3.05) is 0 Å². The zero-order valence-corrected chi connectivity index (χ0v) is 6.82. The van der Waals surface area contributed by atoms with Crippen molar-refractivity contribution in [2.45, 2.75) is 13.2 Å². The Labute approximate surface area is 74.6 Å². The van der Waals surface area contributed by atoms with Crippen LogP contribution in [-0.2, 0) is 23.0 Å². The zero-order valence-electron chi connectivity index (χ0n) is 6.82. The third-order valence-corrected chi connectivity index (χ3v) is 2.00. The highest BCUT2D eigenvalue weighted by Crippen LogP contribution is 2.21. The molecule has 1 aliphatic heterocycles. The Bertz CT molecular complexity index is 345. The first kappa shape index (κ1) is 8.22. The van der Waals surface area contributed by atoms with E-state index < -0.39 is 5.97 Å². The molecule has 0 unspecified atom stereocenters. The number of hydrogen-bond acceptors (Lipinski definition) is 3. The summed E-state index contributed by atoms with van der Waals surface area (Å²) in [6, 6.07) is 5.11. The minimum atomic E-state index is -0.928. The fourth-order valence-corrected chi connectivity index (χ4v) is 1.35. The highest BCUT2D eigenvalue weighted by Gasteiger charge is 2.17. The summed E-state index contributed by atoms with van der Waals surface area (Å²) in [5.41, 5.74) is 1.88. The second-order valence-corrected chi connectivity index (χ2v) is 2.77. The normalized spacial score (nSPS) is 15.1. The Morgan fingerprint density at radius 2 is 2.08 bits per heavy atom. The van der Waals surface area contributed by atoms with Crippen LogP contribution >= 0.6 is 0 Å². The van der Waals surface area contributed by atoms with Crippen LogP contribution in [-0.4, -0.2) is 11.1 Å². The molecule has 0 amide bonds. The molecule has 13 heavy (non-hydrogen) atoms. The molecule has 0 saturated carbocycles. The van der Waals surface area contributed by atoms with Crippen LogP contribution < -0.4 is 0 Å². The van der Waals surface area contributed by atoms with Crippen molar-refractivity contribution in [2.24, 2.45) is 0 Å². The summed E-state index contributed by atoms with van der Waals surface area (Å²) in [7, 11) is 0. The summed E-state index contributed by atoms with van der Waals surface area (Å²) in [6.07, 6.45) is 0. The van der Waals surface area contributed by atoms with E-state index in [9.17, 15) is 4.79 Å². The maximum absolute atomic E-state index is 10.8. The monoisotopic (exact) mass is 180 g/mol. The van der Waals surface area contributed by atoms with E-state index in [2.05, 4.69) is 0 Å². The molecule has 4 nitrogen and oxygen atoms in total. The summed E-state index contributed by atoms with van der Waals surface area (Å²) in [6.45, 7) is 0.522. The molecule has 0 radical (unpaired) electrons. The molecule has 0 bridgehead atoms. The Morgan fingerprint density at radius 3 is 2.85 bits per heavy atom. The van der Waals surface area contributed by atoms with Gasteiger partial charge >= 0.3 is 5.97 Å². The van der Waals surface area contributed by atoms with Crippen LogP contribution in [0.15, 0.2) is 18.2 Å². The molecule has 0 spiro atoms. The number of carboxylic acid groups (broad SMARTS) is 1. The topological polar surface area (TPSA) is 55.8 Å². The summed E-state index contributed by atoms with van der Waals surface area (Å²) in [4.78, 5) is 20.2. The second kappa shape index (κ2) is 3.16. The molecule has 1 aromatic rings. The first-order chi connectivity index (χ1) is 6.29. The van der Waals surface area contributed by atoms with Gasteiger partial charge in [0.25, 0.3) is 0 Å². The molecule has 0 saturated heterocycles. The fourth-order valence-electron chi connectivity index (χ4n) is 1.35. The predicted molar refractivity (Wildman–Crippen MR) is 43.0 cm³/mol. The Balaban J connectivity index is 2.52. The summed E-state index contributed by atoms with van der Waals surface area (Å²) in [5.74, 6) is -0.928. The second-order valence-electron chi connectivity index (χ2n) is 2.77. The average molecular weight is 180 g/mol.